The van der Waals surface area contributed by atoms with Crippen LogP contribution in [0.25, 0.3) is 0 Å². The molecule has 0 radical (unpaired) electrons. The molecule has 0 aliphatic rings. The zero-order valence-electron chi connectivity index (χ0n) is 10.1. The van der Waals surface area contributed by atoms with Crippen LogP contribution < -0.4 is 9.64 Å². The van der Waals surface area contributed by atoms with Gasteiger partial charge < -0.3 is 14.7 Å². The van der Waals surface area contributed by atoms with Crippen molar-refractivity contribution in [1.82, 2.24) is 0 Å². The molecule has 0 aromatic heterocycles. The summed E-state index contributed by atoms with van der Waals surface area (Å²) in [6.45, 7) is 6.11. The molecule has 15 heavy (non-hydrogen) atoms. The quantitative estimate of drug-likeness (QED) is 0.773. The molecule has 1 aromatic rings. The maximum absolute atomic E-state index is 9.12. The van der Waals surface area contributed by atoms with Crippen LogP contribution in [0.5, 0.6) is 5.75 Å². The smallest absolute Gasteiger partial charge is 0.125 e. The molecule has 0 amide bonds. The first-order valence-electron chi connectivity index (χ1n) is 4.99. The number of aryl methyl sites for hydroxylation is 1. The zero-order chi connectivity index (χ0) is 11.6. The van der Waals surface area contributed by atoms with Crippen LogP contribution in [0, 0.1) is 20.8 Å². The molecule has 1 N–H and O–H groups in total. The van der Waals surface area contributed by atoms with Gasteiger partial charge in [0.2, 0.25) is 0 Å². The number of hydrogen-bond acceptors (Lipinski definition) is 3. The number of aliphatic hydroxyl groups excluding tert-OH is 1. The van der Waals surface area contributed by atoms with E-state index in [2.05, 4.69) is 0 Å². The van der Waals surface area contributed by atoms with E-state index < -0.39 is 0 Å². The van der Waals surface area contributed by atoms with E-state index in [1.807, 2.05) is 38.8 Å². The van der Waals surface area contributed by atoms with Gasteiger partial charge in [-0.1, -0.05) is 0 Å². The van der Waals surface area contributed by atoms with Crippen LogP contribution in [0.1, 0.15) is 16.7 Å². The second-order valence-corrected chi connectivity index (χ2v) is 3.84. The molecule has 0 fully saturated rings. The number of rotatable bonds is 3. The highest BCUT2D eigenvalue weighted by molar-refractivity contribution is 5.62. The molecule has 0 saturated heterocycles. The van der Waals surface area contributed by atoms with Gasteiger partial charge in [-0.2, -0.15) is 0 Å². The van der Waals surface area contributed by atoms with E-state index in [9.17, 15) is 0 Å². The molecular weight excluding hydrogens is 190 g/mol. The van der Waals surface area contributed by atoms with E-state index in [4.69, 9.17) is 9.84 Å². The van der Waals surface area contributed by atoms with Crippen molar-refractivity contribution in [3.63, 3.8) is 0 Å². The molecule has 0 spiro atoms. The molecule has 3 heteroatoms. The third kappa shape index (κ3) is 2.07. The molecule has 84 valence electrons. The highest BCUT2D eigenvalue weighted by atomic mass is 16.5. The number of benzene rings is 1. The Morgan fingerprint density at radius 2 is 1.87 bits per heavy atom. The summed E-state index contributed by atoms with van der Waals surface area (Å²) in [5.41, 5.74) is 4.42. The van der Waals surface area contributed by atoms with Gasteiger partial charge in [-0.25, -0.2) is 0 Å². The minimum Gasteiger partial charge on any atom is -0.496 e. The monoisotopic (exact) mass is 209 g/mol. The third-order valence-electron chi connectivity index (χ3n) is 2.83. The standard InChI is InChI=1S/C12H19NO2/c1-8-6-11(13(4)7-14)9(2)10(3)12(8)15-5/h6,14H,7H2,1-5H3. The van der Waals surface area contributed by atoms with Gasteiger partial charge in [-0.3, -0.25) is 0 Å². The van der Waals surface area contributed by atoms with Crippen molar-refractivity contribution in [3.8, 4) is 5.75 Å². The molecule has 3 nitrogen and oxygen atoms in total. The molecule has 0 aliphatic carbocycles. The number of anilines is 1. The molecule has 0 atom stereocenters. The topological polar surface area (TPSA) is 32.7 Å². The first kappa shape index (κ1) is 11.9. The minimum absolute atomic E-state index is 0.0199. The lowest BCUT2D eigenvalue weighted by Gasteiger charge is -2.22. The SMILES string of the molecule is COc1c(C)cc(N(C)CO)c(C)c1C. The van der Waals surface area contributed by atoms with Crippen LogP contribution in [0.4, 0.5) is 5.69 Å². The predicted molar refractivity (Wildman–Crippen MR) is 62.7 cm³/mol. The lowest BCUT2D eigenvalue weighted by molar-refractivity contribution is 0.298. The Labute approximate surface area is 91.3 Å². The largest absolute Gasteiger partial charge is 0.496 e. The summed E-state index contributed by atoms with van der Waals surface area (Å²) in [4.78, 5) is 1.81. The molecule has 1 aromatic carbocycles. The second kappa shape index (κ2) is 4.53. The molecule has 0 unspecified atom stereocenters. The van der Waals surface area contributed by atoms with Gasteiger partial charge in [-0.05, 0) is 43.5 Å². The Morgan fingerprint density at radius 3 is 2.33 bits per heavy atom. The van der Waals surface area contributed by atoms with Gasteiger partial charge in [0.05, 0.1) is 7.11 Å². The summed E-state index contributed by atoms with van der Waals surface area (Å²) in [5, 5.41) is 9.12. The highest BCUT2D eigenvalue weighted by Gasteiger charge is 2.12. The van der Waals surface area contributed by atoms with Gasteiger partial charge in [0.15, 0.2) is 0 Å². The molecule has 0 heterocycles. The second-order valence-electron chi connectivity index (χ2n) is 3.84. The average molecular weight is 209 g/mol. The Hall–Kier alpha value is -1.22. The Kier molecular flexibility index (Phi) is 3.58. The first-order chi connectivity index (χ1) is 7.02. The lowest BCUT2D eigenvalue weighted by atomic mass is 10.0. The summed E-state index contributed by atoms with van der Waals surface area (Å²) >= 11 is 0. The maximum Gasteiger partial charge on any atom is 0.125 e. The van der Waals surface area contributed by atoms with E-state index >= 15 is 0 Å². The third-order valence-corrected chi connectivity index (χ3v) is 2.83. The van der Waals surface area contributed by atoms with E-state index in [-0.39, 0.29) is 6.73 Å². The normalized spacial score (nSPS) is 10.3. The maximum atomic E-state index is 9.12. The van der Waals surface area contributed by atoms with E-state index in [1.54, 1.807) is 7.11 Å². The van der Waals surface area contributed by atoms with Crippen molar-refractivity contribution < 1.29 is 9.84 Å². The number of hydrogen-bond donors (Lipinski definition) is 1. The van der Waals surface area contributed by atoms with Crippen molar-refractivity contribution in [3.05, 3.63) is 22.8 Å². The van der Waals surface area contributed by atoms with Crippen LogP contribution in [0.2, 0.25) is 0 Å². The number of methoxy groups -OCH3 is 1. The van der Waals surface area contributed by atoms with Gasteiger partial charge >= 0.3 is 0 Å². The summed E-state index contributed by atoms with van der Waals surface area (Å²) in [7, 11) is 3.55. The molecule has 0 aliphatic heterocycles. The fourth-order valence-electron chi connectivity index (χ4n) is 1.82. The molecule has 1 rings (SSSR count). The average Bonchev–Trinajstić information content (AvgIpc) is 2.23. The molecule has 0 saturated carbocycles. The summed E-state index contributed by atoms with van der Waals surface area (Å²) < 4.78 is 5.34. The van der Waals surface area contributed by atoms with E-state index in [1.165, 1.54) is 0 Å². The van der Waals surface area contributed by atoms with Gasteiger partial charge in [-0.15, -0.1) is 0 Å². The number of ether oxygens (including phenoxy) is 1. The predicted octanol–water partition coefficient (Wildman–Crippen LogP) is 2.01. The number of aliphatic hydroxyl groups is 1. The van der Waals surface area contributed by atoms with Crippen molar-refractivity contribution in [2.24, 2.45) is 0 Å². The summed E-state index contributed by atoms with van der Waals surface area (Å²) in [5.74, 6) is 0.933. The van der Waals surface area contributed by atoms with Gasteiger partial charge in [0, 0.05) is 12.7 Å². The zero-order valence-corrected chi connectivity index (χ0v) is 10.1. The first-order valence-corrected chi connectivity index (χ1v) is 4.99. The summed E-state index contributed by atoms with van der Waals surface area (Å²) in [6, 6.07) is 2.04. The van der Waals surface area contributed by atoms with Crippen molar-refractivity contribution in [1.29, 1.82) is 0 Å². The number of nitrogens with zero attached hydrogens (tertiary/aromatic N) is 1. The minimum atomic E-state index is 0.0199. The van der Waals surface area contributed by atoms with Crippen molar-refractivity contribution >= 4 is 5.69 Å². The van der Waals surface area contributed by atoms with Crippen molar-refractivity contribution in [2.75, 3.05) is 25.8 Å². The Morgan fingerprint density at radius 1 is 1.27 bits per heavy atom. The van der Waals surface area contributed by atoms with Crippen LogP contribution in [-0.4, -0.2) is 26.0 Å². The van der Waals surface area contributed by atoms with E-state index in [0.717, 1.165) is 28.1 Å². The molecular formula is C12H19NO2. The van der Waals surface area contributed by atoms with Crippen molar-refractivity contribution in [2.45, 2.75) is 20.8 Å². The summed E-state index contributed by atoms with van der Waals surface area (Å²) in [6.07, 6.45) is 0. The Bertz CT molecular complexity index is 361. The van der Waals surface area contributed by atoms with Crippen LogP contribution in [-0.2, 0) is 0 Å². The lowest BCUT2D eigenvalue weighted by Crippen LogP contribution is -2.19. The highest BCUT2D eigenvalue weighted by Crippen LogP contribution is 2.32. The fourth-order valence-corrected chi connectivity index (χ4v) is 1.82. The molecule has 0 bridgehead atoms. The van der Waals surface area contributed by atoms with Crippen LogP contribution >= 0.6 is 0 Å². The van der Waals surface area contributed by atoms with Gasteiger partial charge in [0.1, 0.15) is 12.5 Å². The fraction of sp³-hybridized carbons (Fsp3) is 0.500. The van der Waals surface area contributed by atoms with Crippen LogP contribution in [0.15, 0.2) is 6.07 Å². The van der Waals surface area contributed by atoms with Crippen LogP contribution in [0.3, 0.4) is 0 Å². The van der Waals surface area contributed by atoms with Gasteiger partial charge in [0.25, 0.3) is 0 Å². The van der Waals surface area contributed by atoms with E-state index in [0.29, 0.717) is 0 Å². The Balaban J connectivity index is 3.33.